The second-order valence-corrected chi connectivity index (χ2v) is 5.58. The predicted molar refractivity (Wildman–Crippen MR) is 95.6 cm³/mol. The van der Waals surface area contributed by atoms with Gasteiger partial charge in [0.2, 0.25) is 5.91 Å². The van der Waals surface area contributed by atoms with Crippen LogP contribution >= 0.6 is 24.8 Å². The lowest BCUT2D eigenvalue weighted by molar-refractivity contribution is -0.123. The van der Waals surface area contributed by atoms with Crippen LogP contribution in [0.25, 0.3) is 0 Å². The van der Waals surface area contributed by atoms with Crippen LogP contribution in [-0.4, -0.2) is 36.0 Å². The number of carbonyl (C=O) groups is 1. The third kappa shape index (κ3) is 6.53. The SMILES string of the molecule is CC[C@H](N)C(=O)NC1CCCN(Cc2ccccc2)C1.Cl.Cl. The fourth-order valence-corrected chi connectivity index (χ4v) is 2.65. The highest BCUT2D eigenvalue weighted by molar-refractivity contribution is 5.85. The van der Waals surface area contributed by atoms with E-state index in [4.69, 9.17) is 5.73 Å². The number of likely N-dealkylation sites (tertiary alicyclic amines) is 1. The van der Waals surface area contributed by atoms with Crippen molar-refractivity contribution in [1.29, 1.82) is 0 Å². The van der Waals surface area contributed by atoms with Crippen LogP contribution in [-0.2, 0) is 11.3 Å². The molecular weight excluding hydrogens is 321 g/mol. The molecule has 1 aromatic rings. The molecule has 1 fully saturated rings. The molecule has 1 heterocycles. The lowest BCUT2D eigenvalue weighted by atomic mass is 10.0. The van der Waals surface area contributed by atoms with Crippen molar-refractivity contribution in [2.24, 2.45) is 5.73 Å². The summed E-state index contributed by atoms with van der Waals surface area (Å²) < 4.78 is 0. The lowest BCUT2D eigenvalue weighted by Gasteiger charge is -2.33. The molecule has 3 N–H and O–H groups in total. The number of carbonyl (C=O) groups excluding carboxylic acids is 1. The predicted octanol–water partition coefficient (Wildman–Crippen LogP) is 2.35. The summed E-state index contributed by atoms with van der Waals surface area (Å²) in [4.78, 5) is 14.3. The average Bonchev–Trinajstić information content (AvgIpc) is 2.47. The molecule has 0 radical (unpaired) electrons. The number of piperidine rings is 1. The number of nitrogens with zero attached hydrogens (tertiary/aromatic N) is 1. The van der Waals surface area contributed by atoms with E-state index < -0.39 is 0 Å². The summed E-state index contributed by atoms with van der Waals surface area (Å²) in [5, 5.41) is 3.08. The van der Waals surface area contributed by atoms with E-state index in [1.807, 2.05) is 13.0 Å². The Morgan fingerprint density at radius 3 is 2.68 bits per heavy atom. The first kappa shape index (κ1) is 21.2. The molecule has 1 aromatic carbocycles. The number of nitrogens with one attached hydrogen (secondary N) is 1. The number of hydrogen-bond donors (Lipinski definition) is 2. The number of hydrogen-bond acceptors (Lipinski definition) is 3. The van der Waals surface area contributed by atoms with Crippen LogP contribution < -0.4 is 11.1 Å². The second-order valence-electron chi connectivity index (χ2n) is 5.58. The van der Waals surface area contributed by atoms with Gasteiger partial charge in [0.15, 0.2) is 0 Å². The quantitative estimate of drug-likeness (QED) is 0.859. The standard InChI is InChI=1S/C16H25N3O.2ClH/c1-2-15(17)16(20)18-14-9-6-10-19(12-14)11-13-7-4-3-5-8-13;;/h3-5,7-8,14-15H,2,6,9-12,17H2,1H3,(H,18,20);2*1H/t14?,15-;;/m0../s1. The molecule has 0 bridgehead atoms. The summed E-state index contributed by atoms with van der Waals surface area (Å²) in [6.07, 6.45) is 2.86. The van der Waals surface area contributed by atoms with E-state index in [1.54, 1.807) is 0 Å². The molecule has 0 aliphatic carbocycles. The van der Waals surface area contributed by atoms with Gasteiger partial charge in [-0.05, 0) is 31.4 Å². The van der Waals surface area contributed by atoms with Gasteiger partial charge in [0.1, 0.15) is 0 Å². The summed E-state index contributed by atoms with van der Waals surface area (Å²) in [5.41, 5.74) is 7.09. The zero-order chi connectivity index (χ0) is 14.4. The van der Waals surface area contributed by atoms with Crippen LogP contribution in [0, 0.1) is 0 Å². The minimum Gasteiger partial charge on any atom is -0.351 e. The normalized spacial score (nSPS) is 19.5. The van der Waals surface area contributed by atoms with Crippen LogP contribution in [0.2, 0.25) is 0 Å². The smallest absolute Gasteiger partial charge is 0.237 e. The first-order valence-corrected chi connectivity index (χ1v) is 7.51. The Kier molecular flexibility index (Phi) is 10.4. The number of rotatable bonds is 5. The average molecular weight is 348 g/mol. The molecule has 6 heteroatoms. The second kappa shape index (κ2) is 10.8. The number of halogens is 2. The molecule has 1 aliphatic rings. The molecule has 2 rings (SSSR count). The van der Waals surface area contributed by atoms with Crippen molar-refractivity contribution in [3.63, 3.8) is 0 Å². The van der Waals surface area contributed by atoms with Gasteiger partial charge in [-0.15, -0.1) is 24.8 Å². The molecule has 4 nitrogen and oxygen atoms in total. The molecule has 2 atom stereocenters. The summed E-state index contributed by atoms with van der Waals surface area (Å²) in [7, 11) is 0. The molecule has 0 aromatic heterocycles. The monoisotopic (exact) mass is 347 g/mol. The number of benzene rings is 1. The highest BCUT2D eigenvalue weighted by Crippen LogP contribution is 2.13. The van der Waals surface area contributed by atoms with Crippen LogP contribution in [0.5, 0.6) is 0 Å². The Hall–Kier alpha value is -0.810. The van der Waals surface area contributed by atoms with Crippen LogP contribution in [0.3, 0.4) is 0 Å². The number of nitrogens with two attached hydrogens (primary N) is 1. The maximum absolute atomic E-state index is 11.9. The van der Waals surface area contributed by atoms with Crippen molar-refractivity contribution < 1.29 is 4.79 Å². The summed E-state index contributed by atoms with van der Waals surface area (Å²) in [6.45, 7) is 4.90. The molecule has 126 valence electrons. The van der Waals surface area contributed by atoms with E-state index in [9.17, 15) is 4.79 Å². The van der Waals surface area contributed by atoms with Crippen molar-refractivity contribution in [2.45, 2.75) is 44.8 Å². The van der Waals surface area contributed by atoms with E-state index >= 15 is 0 Å². The van der Waals surface area contributed by atoms with E-state index in [0.717, 1.165) is 32.5 Å². The number of amides is 1. The van der Waals surface area contributed by atoms with Gasteiger partial charge in [-0.2, -0.15) is 0 Å². The Balaban J connectivity index is 0.00000220. The van der Waals surface area contributed by atoms with Crippen molar-refractivity contribution in [3.8, 4) is 0 Å². The summed E-state index contributed by atoms with van der Waals surface area (Å²) in [5.74, 6) is -0.0148. The zero-order valence-electron chi connectivity index (χ0n) is 13.0. The van der Waals surface area contributed by atoms with Gasteiger partial charge in [0, 0.05) is 19.1 Å². The first-order valence-electron chi connectivity index (χ1n) is 7.51. The topological polar surface area (TPSA) is 58.4 Å². The lowest BCUT2D eigenvalue weighted by Crippen LogP contribution is -2.51. The Labute approximate surface area is 145 Å². The van der Waals surface area contributed by atoms with Crippen LogP contribution in [0.1, 0.15) is 31.7 Å². The Bertz CT molecular complexity index is 431. The summed E-state index contributed by atoms with van der Waals surface area (Å²) >= 11 is 0. The van der Waals surface area contributed by atoms with Gasteiger partial charge >= 0.3 is 0 Å². The van der Waals surface area contributed by atoms with Crippen molar-refractivity contribution in [1.82, 2.24) is 10.2 Å². The molecule has 22 heavy (non-hydrogen) atoms. The zero-order valence-corrected chi connectivity index (χ0v) is 14.7. The van der Waals surface area contributed by atoms with E-state index in [2.05, 4.69) is 34.5 Å². The largest absolute Gasteiger partial charge is 0.351 e. The van der Waals surface area contributed by atoms with Gasteiger partial charge in [0.25, 0.3) is 0 Å². The van der Waals surface area contributed by atoms with Crippen molar-refractivity contribution in [3.05, 3.63) is 35.9 Å². The molecule has 1 unspecified atom stereocenters. The highest BCUT2D eigenvalue weighted by atomic mass is 35.5. The summed E-state index contributed by atoms with van der Waals surface area (Å²) in [6, 6.07) is 10.3. The third-order valence-electron chi connectivity index (χ3n) is 3.88. The minimum atomic E-state index is -0.375. The van der Waals surface area contributed by atoms with Gasteiger partial charge in [-0.3, -0.25) is 9.69 Å². The maximum Gasteiger partial charge on any atom is 0.237 e. The molecule has 1 aliphatic heterocycles. The van der Waals surface area contributed by atoms with Crippen LogP contribution in [0.4, 0.5) is 0 Å². The van der Waals surface area contributed by atoms with Crippen molar-refractivity contribution in [2.75, 3.05) is 13.1 Å². The van der Waals surface area contributed by atoms with E-state index in [-0.39, 0.29) is 42.8 Å². The van der Waals surface area contributed by atoms with E-state index in [0.29, 0.717) is 6.42 Å². The fourth-order valence-electron chi connectivity index (χ4n) is 2.65. The Morgan fingerprint density at radius 1 is 1.36 bits per heavy atom. The fraction of sp³-hybridized carbons (Fsp3) is 0.562. The molecule has 0 spiro atoms. The highest BCUT2D eigenvalue weighted by Gasteiger charge is 2.22. The van der Waals surface area contributed by atoms with Crippen LogP contribution in [0.15, 0.2) is 30.3 Å². The maximum atomic E-state index is 11.9. The molecular formula is C16H27Cl2N3O. The molecule has 0 saturated carbocycles. The Morgan fingerprint density at radius 2 is 2.05 bits per heavy atom. The minimum absolute atomic E-state index is 0. The van der Waals surface area contributed by atoms with Gasteiger partial charge in [-0.1, -0.05) is 37.3 Å². The van der Waals surface area contributed by atoms with Gasteiger partial charge in [0.05, 0.1) is 6.04 Å². The van der Waals surface area contributed by atoms with Gasteiger partial charge < -0.3 is 11.1 Å². The molecule has 1 amide bonds. The van der Waals surface area contributed by atoms with Crippen molar-refractivity contribution >= 4 is 30.7 Å². The first-order chi connectivity index (χ1) is 9.69. The molecule has 1 saturated heterocycles. The van der Waals surface area contributed by atoms with Gasteiger partial charge in [-0.25, -0.2) is 0 Å². The third-order valence-corrected chi connectivity index (χ3v) is 3.88. The van der Waals surface area contributed by atoms with E-state index in [1.165, 1.54) is 5.56 Å².